The van der Waals surface area contributed by atoms with E-state index >= 15 is 0 Å². The van der Waals surface area contributed by atoms with Gasteiger partial charge in [-0.3, -0.25) is 9.89 Å². The molecule has 4 aromatic rings. The van der Waals surface area contributed by atoms with Crippen molar-refractivity contribution in [2.24, 2.45) is 0 Å². The Kier molecular flexibility index (Phi) is 4.27. The minimum absolute atomic E-state index is 0.0665. The molecule has 0 fully saturated rings. The van der Waals surface area contributed by atoms with Gasteiger partial charge >= 0.3 is 0 Å². The van der Waals surface area contributed by atoms with Crippen LogP contribution in [0.4, 0.5) is 0 Å². The van der Waals surface area contributed by atoms with E-state index < -0.39 is 0 Å². The van der Waals surface area contributed by atoms with Crippen LogP contribution in [0.1, 0.15) is 40.5 Å². The Balaban J connectivity index is 1.37. The number of benzene rings is 1. The molecule has 1 aliphatic heterocycles. The van der Waals surface area contributed by atoms with Gasteiger partial charge in [0.15, 0.2) is 5.69 Å². The number of hydrogen-bond acceptors (Lipinski definition) is 4. The molecule has 5 rings (SSSR count). The third kappa shape index (κ3) is 3.24. The first kappa shape index (κ1) is 17.5. The maximum Gasteiger partial charge on any atom is 0.274 e. The summed E-state index contributed by atoms with van der Waals surface area (Å²) in [7, 11) is 0. The zero-order chi connectivity index (χ0) is 19.8. The van der Waals surface area contributed by atoms with E-state index in [1.807, 2.05) is 72.6 Å². The molecule has 0 saturated heterocycles. The second-order valence-electron chi connectivity index (χ2n) is 7.22. The van der Waals surface area contributed by atoms with E-state index in [1.165, 1.54) is 0 Å². The van der Waals surface area contributed by atoms with Crippen LogP contribution >= 0.6 is 0 Å². The Labute approximate surface area is 167 Å². The number of carbonyl (C=O) groups is 1. The van der Waals surface area contributed by atoms with Crippen molar-refractivity contribution in [3.8, 4) is 5.75 Å². The number of aromatic nitrogens is 4. The zero-order valence-electron chi connectivity index (χ0n) is 16.1. The fraction of sp³-hybridized carbons (Fsp3) is 0.227. The molecule has 3 aromatic heterocycles. The van der Waals surface area contributed by atoms with E-state index in [2.05, 4.69) is 15.3 Å². The molecule has 0 spiro atoms. The number of aromatic amines is 1. The number of pyridine rings is 1. The smallest absolute Gasteiger partial charge is 0.274 e. The number of fused-ring (bicyclic) bond motifs is 2. The molecule has 0 unspecified atom stereocenters. The van der Waals surface area contributed by atoms with Gasteiger partial charge in [-0.15, -0.1) is 0 Å². The zero-order valence-corrected chi connectivity index (χ0v) is 16.1. The summed E-state index contributed by atoms with van der Waals surface area (Å²) in [6.45, 7) is 3.11. The summed E-state index contributed by atoms with van der Waals surface area (Å²) in [5, 5.41) is 12.0. The van der Waals surface area contributed by atoms with E-state index in [1.54, 1.807) is 4.52 Å². The largest absolute Gasteiger partial charge is 0.484 e. The van der Waals surface area contributed by atoms with Crippen molar-refractivity contribution in [3.05, 3.63) is 83.4 Å². The summed E-state index contributed by atoms with van der Waals surface area (Å²) in [5.74, 6) is 0.730. The Morgan fingerprint density at radius 2 is 2.00 bits per heavy atom. The average Bonchev–Trinajstić information content (AvgIpc) is 3.37. The van der Waals surface area contributed by atoms with E-state index in [0.717, 1.165) is 34.6 Å². The van der Waals surface area contributed by atoms with Crippen molar-refractivity contribution < 1.29 is 9.53 Å². The van der Waals surface area contributed by atoms with Crippen molar-refractivity contribution in [1.29, 1.82) is 0 Å². The predicted molar refractivity (Wildman–Crippen MR) is 108 cm³/mol. The lowest BCUT2D eigenvalue weighted by atomic mass is 10.0. The molecule has 4 heterocycles. The second-order valence-corrected chi connectivity index (χ2v) is 7.22. The molecule has 146 valence electrons. The van der Waals surface area contributed by atoms with Crippen molar-refractivity contribution in [3.63, 3.8) is 0 Å². The number of nitrogens with zero attached hydrogens (tertiary/aromatic N) is 4. The molecule has 0 aliphatic carbocycles. The first-order valence-electron chi connectivity index (χ1n) is 9.70. The summed E-state index contributed by atoms with van der Waals surface area (Å²) in [6.07, 6.45) is 2.36. The van der Waals surface area contributed by atoms with E-state index in [-0.39, 0.29) is 12.0 Å². The molecule has 0 bridgehead atoms. The first-order valence-corrected chi connectivity index (χ1v) is 9.70. The highest BCUT2D eigenvalue weighted by Crippen LogP contribution is 2.28. The number of ether oxygens (including phenoxy) is 1. The Morgan fingerprint density at radius 3 is 2.83 bits per heavy atom. The van der Waals surface area contributed by atoms with Gasteiger partial charge in [0.1, 0.15) is 17.5 Å². The number of hydrogen-bond donors (Lipinski definition) is 1. The molecule has 1 N–H and O–H groups in total. The SMILES string of the molecule is C[C@H](Oc1ccccc1)c1n[nH]c2c1CN(C(=O)c1cc3ccccn3n1)CC2. The Hall–Kier alpha value is -3.61. The lowest BCUT2D eigenvalue weighted by Gasteiger charge is -2.27. The Morgan fingerprint density at radius 1 is 1.17 bits per heavy atom. The molecule has 7 heteroatoms. The van der Waals surface area contributed by atoms with Gasteiger partial charge in [0.2, 0.25) is 0 Å². The summed E-state index contributed by atoms with van der Waals surface area (Å²) in [4.78, 5) is 14.9. The van der Waals surface area contributed by atoms with Gasteiger partial charge < -0.3 is 9.64 Å². The molecule has 0 radical (unpaired) electrons. The standard InChI is InChI=1S/C22H21N5O2/c1-15(29-17-8-3-2-4-9-17)21-18-14-26(12-10-19(18)23-24-21)22(28)20-13-16-7-5-6-11-27(16)25-20/h2-9,11,13,15H,10,12,14H2,1H3,(H,23,24)/t15-/m0/s1. The highest BCUT2D eigenvalue weighted by Gasteiger charge is 2.29. The fourth-order valence-electron chi connectivity index (χ4n) is 3.79. The molecule has 1 aromatic carbocycles. The van der Waals surface area contributed by atoms with Crippen LogP contribution in [0.25, 0.3) is 5.52 Å². The number of H-pyrrole nitrogens is 1. The van der Waals surface area contributed by atoms with Crippen LogP contribution in [0, 0.1) is 0 Å². The normalized spacial score (nSPS) is 14.6. The van der Waals surface area contributed by atoms with Gasteiger partial charge in [-0.2, -0.15) is 10.2 Å². The first-order chi connectivity index (χ1) is 14.2. The highest BCUT2D eigenvalue weighted by molar-refractivity contribution is 5.93. The lowest BCUT2D eigenvalue weighted by molar-refractivity contribution is 0.0726. The number of para-hydroxylation sites is 1. The summed E-state index contributed by atoms with van der Waals surface area (Å²) < 4.78 is 7.77. The lowest BCUT2D eigenvalue weighted by Crippen LogP contribution is -2.36. The van der Waals surface area contributed by atoms with Crippen molar-refractivity contribution in [2.75, 3.05) is 6.54 Å². The molecule has 1 amide bonds. The molecule has 1 aliphatic rings. The van der Waals surface area contributed by atoms with Crippen LogP contribution in [-0.2, 0) is 13.0 Å². The van der Waals surface area contributed by atoms with Crippen LogP contribution in [0.5, 0.6) is 5.75 Å². The van der Waals surface area contributed by atoms with E-state index in [0.29, 0.717) is 18.8 Å². The molecular formula is C22H21N5O2. The van der Waals surface area contributed by atoms with Gasteiger partial charge in [-0.1, -0.05) is 24.3 Å². The van der Waals surface area contributed by atoms with E-state index in [4.69, 9.17) is 4.74 Å². The van der Waals surface area contributed by atoms with Gasteiger partial charge in [0, 0.05) is 37.0 Å². The quantitative estimate of drug-likeness (QED) is 0.582. The Bertz CT molecular complexity index is 1130. The monoisotopic (exact) mass is 387 g/mol. The van der Waals surface area contributed by atoms with Crippen LogP contribution in [-0.4, -0.2) is 37.2 Å². The summed E-state index contributed by atoms with van der Waals surface area (Å²) in [5.41, 5.74) is 4.32. The maximum atomic E-state index is 13.1. The fourth-order valence-corrected chi connectivity index (χ4v) is 3.79. The highest BCUT2D eigenvalue weighted by atomic mass is 16.5. The second kappa shape index (κ2) is 7.09. The average molecular weight is 387 g/mol. The number of amides is 1. The van der Waals surface area contributed by atoms with Gasteiger partial charge in [-0.25, -0.2) is 4.52 Å². The topological polar surface area (TPSA) is 75.5 Å². The van der Waals surface area contributed by atoms with Gasteiger partial charge in [-0.05, 0) is 37.3 Å². The van der Waals surface area contributed by atoms with Crippen LogP contribution in [0.2, 0.25) is 0 Å². The third-order valence-electron chi connectivity index (χ3n) is 5.28. The minimum atomic E-state index is -0.220. The number of carbonyl (C=O) groups excluding carboxylic acids is 1. The molecular weight excluding hydrogens is 366 g/mol. The van der Waals surface area contributed by atoms with Crippen molar-refractivity contribution in [1.82, 2.24) is 24.7 Å². The predicted octanol–water partition coefficient (Wildman–Crippen LogP) is 3.40. The minimum Gasteiger partial charge on any atom is -0.484 e. The van der Waals surface area contributed by atoms with Crippen molar-refractivity contribution in [2.45, 2.75) is 26.0 Å². The summed E-state index contributed by atoms with van der Waals surface area (Å²) >= 11 is 0. The van der Waals surface area contributed by atoms with Crippen LogP contribution in [0.15, 0.2) is 60.8 Å². The van der Waals surface area contributed by atoms with Gasteiger partial charge in [0.05, 0.1) is 5.52 Å². The van der Waals surface area contributed by atoms with Crippen molar-refractivity contribution >= 4 is 11.4 Å². The maximum absolute atomic E-state index is 13.1. The number of rotatable bonds is 4. The van der Waals surface area contributed by atoms with E-state index in [9.17, 15) is 4.79 Å². The van der Waals surface area contributed by atoms with Crippen LogP contribution in [0.3, 0.4) is 0 Å². The molecule has 0 saturated carbocycles. The van der Waals surface area contributed by atoms with Crippen LogP contribution < -0.4 is 4.74 Å². The molecule has 7 nitrogen and oxygen atoms in total. The molecule has 29 heavy (non-hydrogen) atoms. The van der Waals surface area contributed by atoms with Gasteiger partial charge in [0.25, 0.3) is 5.91 Å². The number of nitrogens with one attached hydrogen (secondary N) is 1. The third-order valence-corrected chi connectivity index (χ3v) is 5.28. The molecule has 1 atom stereocenters. The summed E-state index contributed by atoms with van der Waals surface area (Å²) in [6, 6.07) is 17.3.